The highest BCUT2D eigenvalue weighted by atomic mass is 16.5. The zero-order valence-corrected chi connectivity index (χ0v) is 10.3. The SMILES string of the molecule is CCOC(=O)C1CC1c1ccc2ncccc2c1. The van der Waals surface area contributed by atoms with Gasteiger partial charge in [0.25, 0.3) is 0 Å². The van der Waals surface area contributed by atoms with Crippen molar-refractivity contribution in [1.82, 2.24) is 4.98 Å². The molecule has 0 spiro atoms. The summed E-state index contributed by atoms with van der Waals surface area (Å²) in [6, 6.07) is 10.2. The molecule has 1 aliphatic rings. The Morgan fingerprint density at radius 1 is 1.44 bits per heavy atom. The molecule has 0 bridgehead atoms. The Morgan fingerprint density at radius 2 is 2.33 bits per heavy atom. The fourth-order valence-electron chi connectivity index (χ4n) is 2.40. The van der Waals surface area contributed by atoms with Crippen molar-refractivity contribution >= 4 is 16.9 Å². The van der Waals surface area contributed by atoms with Crippen LogP contribution in [-0.4, -0.2) is 17.6 Å². The molecule has 0 amide bonds. The van der Waals surface area contributed by atoms with Crippen LogP contribution < -0.4 is 0 Å². The Labute approximate surface area is 106 Å². The fourth-order valence-corrected chi connectivity index (χ4v) is 2.40. The van der Waals surface area contributed by atoms with E-state index in [1.165, 1.54) is 5.56 Å². The Kier molecular flexibility index (Phi) is 2.74. The fraction of sp³-hybridized carbons (Fsp3) is 0.333. The van der Waals surface area contributed by atoms with Crippen LogP contribution in [0.2, 0.25) is 0 Å². The number of aromatic nitrogens is 1. The van der Waals surface area contributed by atoms with Crippen molar-refractivity contribution in [2.24, 2.45) is 5.92 Å². The number of carbonyl (C=O) groups excluding carboxylic acids is 1. The highest BCUT2D eigenvalue weighted by Gasteiger charge is 2.45. The Bertz CT molecular complexity index is 594. The molecule has 2 aromatic rings. The van der Waals surface area contributed by atoms with Gasteiger partial charge in [0.1, 0.15) is 0 Å². The standard InChI is InChI=1S/C15H15NO2/c1-2-18-15(17)13-9-12(13)10-5-6-14-11(8-10)4-3-7-16-14/h3-8,12-13H,2,9H2,1H3. The molecule has 18 heavy (non-hydrogen) atoms. The van der Waals surface area contributed by atoms with Gasteiger partial charge in [-0.25, -0.2) is 0 Å². The lowest BCUT2D eigenvalue weighted by Crippen LogP contribution is -2.07. The molecule has 1 aromatic carbocycles. The van der Waals surface area contributed by atoms with E-state index in [4.69, 9.17) is 4.74 Å². The van der Waals surface area contributed by atoms with Crippen LogP contribution in [0.1, 0.15) is 24.8 Å². The van der Waals surface area contributed by atoms with Gasteiger partial charge in [-0.1, -0.05) is 12.1 Å². The number of nitrogens with zero attached hydrogens (tertiary/aromatic N) is 1. The molecule has 2 unspecified atom stereocenters. The molecule has 1 heterocycles. The van der Waals surface area contributed by atoms with Crippen molar-refractivity contribution in [1.29, 1.82) is 0 Å². The van der Waals surface area contributed by atoms with Crippen molar-refractivity contribution in [2.75, 3.05) is 6.61 Å². The summed E-state index contributed by atoms with van der Waals surface area (Å²) < 4.78 is 5.05. The van der Waals surface area contributed by atoms with Crippen LogP contribution in [0.3, 0.4) is 0 Å². The van der Waals surface area contributed by atoms with Crippen molar-refractivity contribution in [2.45, 2.75) is 19.3 Å². The number of pyridine rings is 1. The number of hydrogen-bond donors (Lipinski definition) is 0. The predicted octanol–water partition coefficient (Wildman–Crippen LogP) is 2.90. The van der Waals surface area contributed by atoms with Crippen LogP contribution in [0.4, 0.5) is 0 Å². The minimum Gasteiger partial charge on any atom is -0.466 e. The molecule has 1 aromatic heterocycles. The first-order chi connectivity index (χ1) is 8.79. The Balaban J connectivity index is 1.82. The Hall–Kier alpha value is -1.90. The second kappa shape index (κ2) is 4.41. The van der Waals surface area contributed by atoms with Crippen LogP contribution in [0.5, 0.6) is 0 Å². The number of fused-ring (bicyclic) bond motifs is 1. The number of esters is 1. The first-order valence-electron chi connectivity index (χ1n) is 6.31. The zero-order chi connectivity index (χ0) is 12.5. The van der Waals surface area contributed by atoms with Gasteiger partial charge < -0.3 is 4.74 Å². The van der Waals surface area contributed by atoms with Gasteiger partial charge in [0.2, 0.25) is 0 Å². The van der Waals surface area contributed by atoms with E-state index < -0.39 is 0 Å². The maximum absolute atomic E-state index is 11.6. The number of carbonyl (C=O) groups is 1. The van der Waals surface area contributed by atoms with Gasteiger partial charge in [-0.15, -0.1) is 0 Å². The van der Waals surface area contributed by atoms with Crippen molar-refractivity contribution in [3.8, 4) is 0 Å². The highest BCUT2D eigenvalue weighted by Crippen LogP contribution is 2.48. The second-order valence-electron chi connectivity index (χ2n) is 4.66. The van der Waals surface area contributed by atoms with Crippen LogP contribution in [0.15, 0.2) is 36.5 Å². The summed E-state index contributed by atoms with van der Waals surface area (Å²) in [4.78, 5) is 15.9. The van der Waals surface area contributed by atoms with Gasteiger partial charge in [-0.2, -0.15) is 0 Å². The lowest BCUT2D eigenvalue weighted by atomic mass is 10.1. The molecule has 3 heteroatoms. The molecule has 3 rings (SSSR count). The molecule has 2 atom stereocenters. The average Bonchev–Trinajstić information content (AvgIpc) is 3.19. The third-order valence-corrected chi connectivity index (χ3v) is 3.43. The molecule has 0 aliphatic heterocycles. The maximum Gasteiger partial charge on any atom is 0.309 e. The Morgan fingerprint density at radius 3 is 3.17 bits per heavy atom. The summed E-state index contributed by atoms with van der Waals surface area (Å²) in [5.41, 5.74) is 2.21. The molecule has 0 radical (unpaired) electrons. The molecule has 3 nitrogen and oxygen atoms in total. The monoisotopic (exact) mass is 241 g/mol. The summed E-state index contributed by atoms with van der Waals surface area (Å²) in [5, 5.41) is 1.13. The van der Waals surface area contributed by atoms with Gasteiger partial charge in [-0.3, -0.25) is 9.78 Å². The van der Waals surface area contributed by atoms with Gasteiger partial charge in [0, 0.05) is 11.6 Å². The number of ether oxygens (including phenoxy) is 1. The van der Waals surface area contributed by atoms with Crippen molar-refractivity contribution < 1.29 is 9.53 Å². The van der Waals surface area contributed by atoms with E-state index in [1.54, 1.807) is 6.20 Å². The molecule has 1 fully saturated rings. The van der Waals surface area contributed by atoms with Crippen LogP contribution >= 0.6 is 0 Å². The van der Waals surface area contributed by atoms with E-state index in [9.17, 15) is 4.79 Å². The number of hydrogen-bond acceptors (Lipinski definition) is 3. The molecule has 1 aliphatic carbocycles. The highest BCUT2D eigenvalue weighted by molar-refractivity contribution is 5.81. The first kappa shape index (κ1) is 11.2. The van der Waals surface area contributed by atoms with Crippen LogP contribution in [-0.2, 0) is 9.53 Å². The summed E-state index contributed by atoms with van der Waals surface area (Å²) >= 11 is 0. The lowest BCUT2D eigenvalue weighted by molar-refractivity contribution is -0.144. The molecule has 1 saturated carbocycles. The predicted molar refractivity (Wildman–Crippen MR) is 69.2 cm³/mol. The van der Waals surface area contributed by atoms with Gasteiger partial charge in [0.05, 0.1) is 18.0 Å². The van der Waals surface area contributed by atoms with E-state index in [0.29, 0.717) is 12.5 Å². The van der Waals surface area contributed by atoms with Crippen LogP contribution in [0.25, 0.3) is 10.9 Å². The molecule has 92 valence electrons. The van der Waals surface area contributed by atoms with Crippen LogP contribution in [0, 0.1) is 5.92 Å². The normalized spacial score (nSPS) is 21.8. The third kappa shape index (κ3) is 1.96. The number of rotatable bonds is 3. The van der Waals surface area contributed by atoms with E-state index >= 15 is 0 Å². The quantitative estimate of drug-likeness (QED) is 0.776. The molecular formula is C15H15NO2. The largest absolute Gasteiger partial charge is 0.466 e. The first-order valence-corrected chi connectivity index (χ1v) is 6.31. The number of benzene rings is 1. The summed E-state index contributed by atoms with van der Waals surface area (Å²) in [6.45, 7) is 2.31. The zero-order valence-electron chi connectivity index (χ0n) is 10.3. The smallest absolute Gasteiger partial charge is 0.309 e. The molecular weight excluding hydrogens is 226 g/mol. The van der Waals surface area contributed by atoms with E-state index in [-0.39, 0.29) is 11.9 Å². The van der Waals surface area contributed by atoms with Crippen molar-refractivity contribution in [3.05, 3.63) is 42.1 Å². The van der Waals surface area contributed by atoms with Gasteiger partial charge in [0.15, 0.2) is 0 Å². The average molecular weight is 241 g/mol. The molecule has 0 saturated heterocycles. The van der Waals surface area contributed by atoms with Crippen molar-refractivity contribution in [3.63, 3.8) is 0 Å². The maximum atomic E-state index is 11.6. The molecule has 0 N–H and O–H groups in total. The van der Waals surface area contributed by atoms with E-state index in [1.807, 2.05) is 25.1 Å². The minimum absolute atomic E-state index is 0.0547. The summed E-state index contributed by atoms with van der Waals surface area (Å²) in [7, 11) is 0. The lowest BCUT2D eigenvalue weighted by Gasteiger charge is -2.03. The minimum atomic E-state index is -0.0613. The third-order valence-electron chi connectivity index (χ3n) is 3.43. The van der Waals surface area contributed by atoms with Gasteiger partial charge in [-0.05, 0) is 43.0 Å². The van der Waals surface area contributed by atoms with E-state index in [0.717, 1.165) is 17.3 Å². The van der Waals surface area contributed by atoms with Gasteiger partial charge >= 0.3 is 5.97 Å². The topological polar surface area (TPSA) is 39.2 Å². The summed E-state index contributed by atoms with van der Waals surface area (Å²) in [6.07, 6.45) is 2.70. The second-order valence-corrected chi connectivity index (χ2v) is 4.66. The summed E-state index contributed by atoms with van der Waals surface area (Å²) in [5.74, 6) is 0.321. The van der Waals surface area contributed by atoms with E-state index in [2.05, 4.69) is 17.1 Å².